The Hall–Kier alpha value is -2.00. The summed E-state index contributed by atoms with van der Waals surface area (Å²) in [6.07, 6.45) is 1.02. The Morgan fingerprint density at radius 3 is 2.22 bits per heavy atom. The number of carbonyl (C=O) groups excluding carboxylic acids is 1. The number of nitrogens with one attached hydrogen (secondary N) is 1. The van der Waals surface area contributed by atoms with Crippen molar-refractivity contribution in [1.29, 1.82) is 0 Å². The van der Waals surface area contributed by atoms with Crippen molar-refractivity contribution in [3.8, 4) is 0 Å². The zero-order valence-electron chi connectivity index (χ0n) is 13.8. The molecule has 0 radical (unpaired) electrons. The minimum atomic E-state index is -0.0907. The second-order valence-electron chi connectivity index (χ2n) is 5.75. The lowest BCUT2D eigenvalue weighted by atomic mass is 10.1. The lowest BCUT2D eigenvalue weighted by Gasteiger charge is -2.22. The summed E-state index contributed by atoms with van der Waals surface area (Å²) in [4.78, 5) is 14.0. The number of hydrogen-bond acceptors (Lipinski definition) is 1. The van der Waals surface area contributed by atoms with Crippen LogP contribution in [0.1, 0.15) is 36.6 Å². The molecule has 122 valence electrons. The average Bonchev–Trinajstić information content (AvgIpc) is 2.56. The predicted molar refractivity (Wildman–Crippen MR) is 95.7 cm³/mol. The van der Waals surface area contributed by atoms with E-state index in [1.807, 2.05) is 31.2 Å². The summed E-state index contributed by atoms with van der Waals surface area (Å²) in [6.45, 7) is 4.67. The van der Waals surface area contributed by atoms with Gasteiger partial charge in [-0.25, -0.2) is 4.79 Å². The van der Waals surface area contributed by atoms with Gasteiger partial charge in [-0.2, -0.15) is 0 Å². The Morgan fingerprint density at radius 2 is 1.65 bits per heavy atom. The highest BCUT2D eigenvalue weighted by atomic mass is 35.5. The number of urea groups is 1. The number of aryl methyl sites for hydroxylation is 1. The monoisotopic (exact) mass is 330 g/mol. The smallest absolute Gasteiger partial charge is 0.317 e. The Kier molecular flexibility index (Phi) is 6.05. The zero-order valence-corrected chi connectivity index (χ0v) is 14.6. The highest BCUT2D eigenvalue weighted by Gasteiger charge is 2.13. The van der Waals surface area contributed by atoms with E-state index in [4.69, 9.17) is 11.6 Å². The first-order chi connectivity index (χ1) is 11.0. The molecule has 1 unspecified atom stereocenters. The molecule has 3 nitrogen and oxygen atoms in total. The molecule has 0 spiro atoms. The molecule has 2 amide bonds. The largest absolute Gasteiger partial charge is 0.331 e. The van der Waals surface area contributed by atoms with Gasteiger partial charge in [0.15, 0.2) is 0 Å². The van der Waals surface area contributed by atoms with Gasteiger partial charge in [-0.1, -0.05) is 54.9 Å². The molecule has 4 heteroatoms. The number of hydrogen-bond donors (Lipinski definition) is 1. The molecular formula is C19H23ClN2O. The van der Waals surface area contributed by atoms with Gasteiger partial charge in [0.05, 0.1) is 6.04 Å². The Labute approximate surface area is 143 Å². The van der Waals surface area contributed by atoms with E-state index in [1.165, 1.54) is 5.56 Å². The fraction of sp³-hybridized carbons (Fsp3) is 0.316. The minimum Gasteiger partial charge on any atom is -0.331 e. The van der Waals surface area contributed by atoms with Gasteiger partial charge in [-0.3, -0.25) is 0 Å². The van der Waals surface area contributed by atoms with Gasteiger partial charge in [0.25, 0.3) is 0 Å². The maximum absolute atomic E-state index is 12.3. The van der Waals surface area contributed by atoms with Gasteiger partial charge < -0.3 is 10.2 Å². The zero-order chi connectivity index (χ0) is 16.8. The van der Waals surface area contributed by atoms with Crippen LogP contribution >= 0.6 is 11.6 Å². The summed E-state index contributed by atoms with van der Waals surface area (Å²) in [5.41, 5.74) is 3.45. The third-order valence-electron chi connectivity index (χ3n) is 3.91. The van der Waals surface area contributed by atoms with Crippen molar-refractivity contribution in [2.24, 2.45) is 0 Å². The Bertz CT molecular complexity index is 637. The lowest BCUT2D eigenvalue weighted by Crippen LogP contribution is -2.38. The summed E-state index contributed by atoms with van der Waals surface area (Å²) in [5.74, 6) is 0. The molecule has 23 heavy (non-hydrogen) atoms. The molecule has 0 saturated heterocycles. The minimum absolute atomic E-state index is 0.0268. The molecule has 2 aromatic carbocycles. The SMILES string of the molecule is CCc1ccc(C(C)NC(=O)N(C)Cc2ccc(Cl)cc2)cc1. The molecule has 0 saturated carbocycles. The summed E-state index contributed by atoms with van der Waals surface area (Å²) < 4.78 is 0. The first-order valence-electron chi connectivity index (χ1n) is 7.84. The fourth-order valence-corrected chi connectivity index (χ4v) is 2.48. The number of rotatable bonds is 5. The third-order valence-corrected chi connectivity index (χ3v) is 4.16. The van der Waals surface area contributed by atoms with E-state index in [0.717, 1.165) is 17.5 Å². The van der Waals surface area contributed by atoms with Crippen LogP contribution in [0.4, 0.5) is 4.79 Å². The van der Waals surface area contributed by atoms with Gasteiger partial charge >= 0.3 is 6.03 Å². The van der Waals surface area contributed by atoms with Crippen molar-refractivity contribution in [3.05, 3.63) is 70.2 Å². The maximum atomic E-state index is 12.3. The molecule has 0 bridgehead atoms. The van der Waals surface area contributed by atoms with Crippen molar-refractivity contribution >= 4 is 17.6 Å². The van der Waals surface area contributed by atoms with E-state index in [0.29, 0.717) is 11.6 Å². The summed E-state index contributed by atoms with van der Waals surface area (Å²) >= 11 is 5.88. The van der Waals surface area contributed by atoms with Crippen LogP contribution in [0.25, 0.3) is 0 Å². The summed E-state index contributed by atoms with van der Waals surface area (Å²) in [5, 5.41) is 3.73. The van der Waals surface area contributed by atoms with Gasteiger partial charge in [0, 0.05) is 18.6 Å². The average molecular weight is 331 g/mol. The molecule has 2 rings (SSSR count). The van der Waals surface area contributed by atoms with Gasteiger partial charge in [-0.05, 0) is 42.2 Å². The van der Waals surface area contributed by atoms with E-state index < -0.39 is 0 Å². The molecule has 2 aromatic rings. The number of nitrogens with zero attached hydrogens (tertiary/aromatic N) is 1. The highest BCUT2D eigenvalue weighted by molar-refractivity contribution is 6.30. The fourth-order valence-electron chi connectivity index (χ4n) is 2.36. The second kappa shape index (κ2) is 8.02. The first-order valence-corrected chi connectivity index (χ1v) is 8.22. The van der Waals surface area contributed by atoms with Crippen molar-refractivity contribution in [2.45, 2.75) is 32.9 Å². The topological polar surface area (TPSA) is 32.3 Å². The summed E-state index contributed by atoms with van der Waals surface area (Å²) in [7, 11) is 1.79. The molecule has 0 heterocycles. The number of amides is 2. The standard InChI is InChI=1S/C19H23ClN2O/c1-4-15-5-9-17(10-6-15)14(2)21-19(23)22(3)13-16-7-11-18(20)12-8-16/h5-12,14H,4,13H2,1-3H3,(H,21,23). The number of carbonyl (C=O) groups is 1. The van der Waals surface area contributed by atoms with E-state index >= 15 is 0 Å². The van der Waals surface area contributed by atoms with Crippen LogP contribution < -0.4 is 5.32 Å². The van der Waals surface area contributed by atoms with Crippen LogP contribution in [0.15, 0.2) is 48.5 Å². The molecule has 1 atom stereocenters. The third kappa shape index (κ3) is 5.00. The van der Waals surface area contributed by atoms with Crippen LogP contribution in [0.5, 0.6) is 0 Å². The van der Waals surface area contributed by atoms with E-state index in [2.05, 4.69) is 36.5 Å². The number of benzene rings is 2. The van der Waals surface area contributed by atoms with Crippen LogP contribution in [-0.4, -0.2) is 18.0 Å². The van der Waals surface area contributed by atoms with Gasteiger partial charge in [0.1, 0.15) is 0 Å². The normalized spacial score (nSPS) is 11.8. The quantitative estimate of drug-likeness (QED) is 0.838. The molecule has 0 aliphatic rings. The van der Waals surface area contributed by atoms with Crippen molar-refractivity contribution in [1.82, 2.24) is 10.2 Å². The molecule has 0 fully saturated rings. The van der Waals surface area contributed by atoms with Crippen molar-refractivity contribution in [2.75, 3.05) is 7.05 Å². The molecule has 0 aromatic heterocycles. The molecular weight excluding hydrogens is 308 g/mol. The van der Waals surface area contributed by atoms with Crippen LogP contribution in [0.2, 0.25) is 5.02 Å². The Morgan fingerprint density at radius 1 is 1.09 bits per heavy atom. The van der Waals surface area contributed by atoms with Crippen molar-refractivity contribution in [3.63, 3.8) is 0 Å². The second-order valence-corrected chi connectivity index (χ2v) is 6.19. The molecule has 0 aliphatic heterocycles. The van der Waals surface area contributed by atoms with Gasteiger partial charge in [0.2, 0.25) is 0 Å². The molecule has 1 N–H and O–H groups in total. The first kappa shape index (κ1) is 17.4. The van der Waals surface area contributed by atoms with E-state index in [-0.39, 0.29) is 12.1 Å². The van der Waals surface area contributed by atoms with Crippen LogP contribution in [0, 0.1) is 0 Å². The lowest BCUT2D eigenvalue weighted by molar-refractivity contribution is 0.203. The number of halogens is 1. The molecule has 0 aliphatic carbocycles. The Balaban J connectivity index is 1.92. The predicted octanol–water partition coefficient (Wildman–Crippen LogP) is 4.81. The van der Waals surface area contributed by atoms with Crippen LogP contribution in [0.3, 0.4) is 0 Å². The maximum Gasteiger partial charge on any atom is 0.317 e. The van der Waals surface area contributed by atoms with Crippen LogP contribution in [-0.2, 0) is 13.0 Å². The van der Waals surface area contributed by atoms with E-state index in [1.54, 1.807) is 11.9 Å². The van der Waals surface area contributed by atoms with E-state index in [9.17, 15) is 4.79 Å². The van der Waals surface area contributed by atoms with Gasteiger partial charge in [-0.15, -0.1) is 0 Å². The van der Waals surface area contributed by atoms with Crippen molar-refractivity contribution < 1.29 is 4.79 Å². The highest BCUT2D eigenvalue weighted by Crippen LogP contribution is 2.15. The summed E-state index contributed by atoms with van der Waals surface area (Å²) in [6, 6.07) is 15.8.